The van der Waals surface area contributed by atoms with Crippen molar-refractivity contribution in [3.05, 3.63) is 71.4 Å². The summed E-state index contributed by atoms with van der Waals surface area (Å²) < 4.78 is 5.22. The molecule has 2 aromatic heterocycles. The van der Waals surface area contributed by atoms with Gasteiger partial charge in [0.15, 0.2) is 0 Å². The highest BCUT2D eigenvalue weighted by molar-refractivity contribution is 6.08. The van der Waals surface area contributed by atoms with Gasteiger partial charge in [0.1, 0.15) is 11.4 Å². The number of ether oxygens (including phenoxy) is 1. The predicted octanol–water partition coefficient (Wildman–Crippen LogP) is 6.63. The third-order valence-corrected chi connectivity index (χ3v) is 5.24. The van der Waals surface area contributed by atoms with E-state index in [9.17, 15) is 0 Å². The molecule has 3 heteroatoms. The Hall–Kier alpha value is -3.07. The smallest absolute Gasteiger partial charge is 0.138 e. The first kappa shape index (κ1) is 18.3. The van der Waals surface area contributed by atoms with E-state index in [2.05, 4.69) is 65.4 Å². The highest BCUT2D eigenvalue weighted by Crippen LogP contribution is 2.29. The van der Waals surface area contributed by atoms with Crippen molar-refractivity contribution in [3.63, 3.8) is 0 Å². The summed E-state index contributed by atoms with van der Waals surface area (Å²) in [6.45, 7) is 2.25. The normalized spacial score (nSPS) is 11.6. The number of aryl methyl sites for hydroxylation is 1. The zero-order chi connectivity index (χ0) is 19.3. The van der Waals surface area contributed by atoms with Crippen LogP contribution in [0.4, 0.5) is 0 Å². The Balaban J connectivity index is 1.68. The molecule has 0 atom stereocenters. The second kappa shape index (κ2) is 8.30. The molecule has 2 heterocycles. The Morgan fingerprint density at radius 3 is 2.54 bits per heavy atom. The van der Waals surface area contributed by atoms with E-state index < -0.39 is 0 Å². The molecule has 0 aliphatic rings. The summed E-state index contributed by atoms with van der Waals surface area (Å²) in [4.78, 5) is 8.03. The van der Waals surface area contributed by atoms with E-state index in [1.807, 2.05) is 18.3 Å². The number of methoxy groups -OCH3 is 1. The minimum absolute atomic E-state index is 0.875. The van der Waals surface area contributed by atoms with Gasteiger partial charge in [-0.05, 0) is 59.9 Å². The SMILES string of the molecule is CCCCCc1ccnc2[nH]c3ccc(C=Cc4ccc(OC)cc4)cc3c12. The molecule has 4 aromatic rings. The molecule has 1 N–H and O–H groups in total. The predicted molar refractivity (Wildman–Crippen MR) is 119 cm³/mol. The van der Waals surface area contributed by atoms with Crippen LogP contribution >= 0.6 is 0 Å². The lowest BCUT2D eigenvalue weighted by atomic mass is 10.0. The number of hydrogen-bond acceptors (Lipinski definition) is 2. The van der Waals surface area contributed by atoms with E-state index >= 15 is 0 Å². The number of H-pyrrole nitrogens is 1. The van der Waals surface area contributed by atoms with Gasteiger partial charge in [0.25, 0.3) is 0 Å². The fourth-order valence-corrected chi connectivity index (χ4v) is 3.69. The Morgan fingerprint density at radius 2 is 1.75 bits per heavy atom. The lowest BCUT2D eigenvalue weighted by molar-refractivity contribution is 0.415. The second-order valence-corrected chi connectivity index (χ2v) is 7.19. The van der Waals surface area contributed by atoms with E-state index in [0.717, 1.165) is 28.9 Å². The minimum atomic E-state index is 0.875. The van der Waals surface area contributed by atoms with Crippen molar-refractivity contribution in [1.29, 1.82) is 0 Å². The van der Waals surface area contributed by atoms with Crippen LogP contribution in [0.15, 0.2) is 54.7 Å². The van der Waals surface area contributed by atoms with Crippen LogP contribution in [0.25, 0.3) is 34.1 Å². The maximum absolute atomic E-state index is 5.22. The number of aromatic nitrogens is 2. The van der Waals surface area contributed by atoms with Crippen LogP contribution in [-0.2, 0) is 6.42 Å². The standard InChI is InChI=1S/C25H26N2O/c1-3-4-5-6-20-15-16-26-25-24(20)22-17-19(11-14-23(22)27-25)8-7-18-9-12-21(28-2)13-10-18/h7-17H,3-6H2,1-2H3,(H,26,27). The number of pyridine rings is 1. The number of aromatic amines is 1. The van der Waals surface area contributed by atoms with Gasteiger partial charge in [-0.25, -0.2) is 4.98 Å². The van der Waals surface area contributed by atoms with Gasteiger partial charge in [0, 0.05) is 22.5 Å². The van der Waals surface area contributed by atoms with Crippen molar-refractivity contribution in [2.45, 2.75) is 32.6 Å². The Morgan fingerprint density at radius 1 is 0.964 bits per heavy atom. The van der Waals surface area contributed by atoms with Gasteiger partial charge in [-0.15, -0.1) is 0 Å². The summed E-state index contributed by atoms with van der Waals surface area (Å²) >= 11 is 0. The van der Waals surface area contributed by atoms with E-state index in [1.54, 1.807) is 7.11 Å². The van der Waals surface area contributed by atoms with Crippen LogP contribution in [-0.4, -0.2) is 17.1 Å². The second-order valence-electron chi connectivity index (χ2n) is 7.19. The Kier molecular flexibility index (Phi) is 5.43. The fourth-order valence-electron chi connectivity index (χ4n) is 3.69. The average molecular weight is 370 g/mol. The van der Waals surface area contributed by atoms with Gasteiger partial charge >= 0.3 is 0 Å². The van der Waals surface area contributed by atoms with Crippen molar-refractivity contribution < 1.29 is 4.74 Å². The monoisotopic (exact) mass is 370 g/mol. The molecular formula is C25H26N2O. The topological polar surface area (TPSA) is 37.9 Å². The molecule has 0 spiro atoms. The molecule has 0 saturated heterocycles. The number of nitrogens with zero attached hydrogens (tertiary/aromatic N) is 1. The van der Waals surface area contributed by atoms with Crippen LogP contribution in [0.3, 0.4) is 0 Å². The third-order valence-electron chi connectivity index (χ3n) is 5.24. The van der Waals surface area contributed by atoms with Gasteiger partial charge < -0.3 is 9.72 Å². The van der Waals surface area contributed by atoms with Gasteiger partial charge in [-0.2, -0.15) is 0 Å². The van der Waals surface area contributed by atoms with Crippen molar-refractivity contribution in [1.82, 2.24) is 9.97 Å². The molecule has 2 aromatic carbocycles. The van der Waals surface area contributed by atoms with Crippen molar-refractivity contribution in [2.75, 3.05) is 7.11 Å². The molecule has 0 aliphatic heterocycles. The number of unbranched alkanes of at least 4 members (excludes halogenated alkanes) is 2. The molecule has 0 fully saturated rings. The zero-order valence-electron chi connectivity index (χ0n) is 16.5. The summed E-state index contributed by atoms with van der Waals surface area (Å²) in [5.41, 5.74) is 5.86. The van der Waals surface area contributed by atoms with Gasteiger partial charge in [-0.1, -0.05) is 50.1 Å². The molecule has 142 valence electrons. The third kappa shape index (κ3) is 3.79. The number of hydrogen-bond donors (Lipinski definition) is 1. The maximum atomic E-state index is 5.22. The molecule has 0 unspecified atom stereocenters. The lowest BCUT2D eigenvalue weighted by Crippen LogP contribution is -1.88. The maximum Gasteiger partial charge on any atom is 0.138 e. The number of nitrogens with one attached hydrogen (secondary N) is 1. The first-order valence-electron chi connectivity index (χ1n) is 10.00. The van der Waals surface area contributed by atoms with Crippen LogP contribution < -0.4 is 4.74 Å². The van der Waals surface area contributed by atoms with E-state index in [-0.39, 0.29) is 0 Å². The van der Waals surface area contributed by atoms with Gasteiger partial charge in [0.2, 0.25) is 0 Å². The van der Waals surface area contributed by atoms with Crippen LogP contribution in [0.5, 0.6) is 5.75 Å². The zero-order valence-corrected chi connectivity index (χ0v) is 16.5. The van der Waals surface area contributed by atoms with Crippen molar-refractivity contribution >= 4 is 34.1 Å². The van der Waals surface area contributed by atoms with E-state index in [0.29, 0.717) is 0 Å². The summed E-state index contributed by atoms with van der Waals surface area (Å²) in [5.74, 6) is 0.875. The molecule has 0 radical (unpaired) electrons. The van der Waals surface area contributed by atoms with Crippen LogP contribution in [0.2, 0.25) is 0 Å². The Bertz CT molecular complexity index is 1110. The molecule has 0 saturated carbocycles. The molecule has 4 rings (SSSR count). The van der Waals surface area contributed by atoms with Gasteiger partial charge in [-0.3, -0.25) is 0 Å². The summed E-state index contributed by atoms with van der Waals surface area (Å²) in [6.07, 6.45) is 11.0. The minimum Gasteiger partial charge on any atom is -0.497 e. The van der Waals surface area contributed by atoms with Crippen molar-refractivity contribution in [3.8, 4) is 5.75 Å². The first-order chi connectivity index (χ1) is 13.8. The van der Waals surface area contributed by atoms with E-state index in [4.69, 9.17) is 4.74 Å². The molecule has 0 bridgehead atoms. The quantitative estimate of drug-likeness (QED) is 0.293. The summed E-state index contributed by atoms with van der Waals surface area (Å²) in [6, 6.07) is 16.8. The highest BCUT2D eigenvalue weighted by atomic mass is 16.5. The Labute approximate surface area is 166 Å². The molecule has 28 heavy (non-hydrogen) atoms. The summed E-state index contributed by atoms with van der Waals surface area (Å²) in [5, 5.41) is 2.53. The fraction of sp³-hybridized carbons (Fsp3) is 0.240. The largest absolute Gasteiger partial charge is 0.497 e. The van der Waals surface area contributed by atoms with Crippen molar-refractivity contribution in [2.24, 2.45) is 0 Å². The molecule has 0 amide bonds. The number of benzene rings is 2. The molecule has 3 nitrogen and oxygen atoms in total. The average Bonchev–Trinajstić information content (AvgIpc) is 3.11. The van der Waals surface area contributed by atoms with Gasteiger partial charge in [0.05, 0.1) is 7.11 Å². The van der Waals surface area contributed by atoms with Crippen LogP contribution in [0, 0.1) is 0 Å². The number of rotatable bonds is 7. The molecular weight excluding hydrogens is 344 g/mol. The van der Waals surface area contributed by atoms with E-state index in [1.165, 1.54) is 41.2 Å². The first-order valence-corrected chi connectivity index (χ1v) is 10.00. The summed E-state index contributed by atoms with van der Waals surface area (Å²) in [7, 11) is 1.69. The molecule has 0 aliphatic carbocycles. The van der Waals surface area contributed by atoms with Crippen LogP contribution in [0.1, 0.15) is 42.9 Å². The lowest BCUT2D eigenvalue weighted by Gasteiger charge is -2.03. The highest BCUT2D eigenvalue weighted by Gasteiger charge is 2.10. The number of fused-ring (bicyclic) bond motifs is 3.